The summed E-state index contributed by atoms with van der Waals surface area (Å²) in [4.78, 5) is 25.0. The summed E-state index contributed by atoms with van der Waals surface area (Å²) in [6.07, 6.45) is 1.33. The molecule has 38 heavy (non-hydrogen) atoms. The molecule has 0 saturated heterocycles. The predicted molar refractivity (Wildman–Crippen MR) is 139 cm³/mol. The van der Waals surface area contributed by atoms with Crippen LogP contribution in [0.5, 0.6) is 23.0 Å². The van der Waals surface area contributed by atoms with Crippen LogP contribution in [-0.2, 0) is 5.54 Å². The molecule has 2 heterocycles. The van der Waals surface area contributed by atoms with Crippen LogP contribution < -0.4 is 9.47 Å². The van der Waals surface area contributed by atoms with E-state index >= 15 is 0 Å². The van der Waals surface area contributed by atoms with E-state index in [1.165, 1.54) is 29.4 Å². The highest BCUT2D eigenvalue weighted by Gasteiger charge is 2.57. The summed E-state index contributed by atoms with van der Waals surface area (Å²) in [5.74, 6) is 0.982. The Balaban J connectivity index is 1.65. The van der Waals surface area contributed by atoms with E-state index in [-0.39, 0.29) is 22.9 Å². The molecule has 9 heteroatoms. The molecule has 0 fully saturated rings. The zero-order valence-corrected chi connectivity index (χ0v) is 20.2. The van der Waals surface area contributed by atoms with Crippen LogP contribution in [0.4, 0.5) is 5.69 Å². The second-order valence-corrected chi connectivity index (χ2v) is 8.81. The lowest BCUT2D eigenvalue weighted by Gasteiger charge is -2.41. The summed E-state index contributed by atoms with van der Waals surface area (Å²) in [5, 5.41) is 27.8. The van der Waals surface area contributed by atoms with Gasteiger partial charge < -0.3 is 14.6 Å². The average Bonchev–Trinajstić information content (AvgIpc) is 3.16. The number of fused-ring (bicyclic) bond motifs is 6. The second kappa shape index (κ2) is 8.74. The molecule has 1 N–H and O–H groups in total. The fourth-order valence-electron chi connectivity index (χ4n) is 5.21. The second-order valence-electron chi connectivity index (χ2n) is 8.81. The lowest BCUT2D eigenvalue weighted by atomic mass is 9.75. The quantitative estimate of drug-likeness (QED) is 0.214. The van der Waals surface area contributed by atoms with Gasteiger partial charge in [0, 0.05) is 40.5 Å². The van der Waals surface area contributed by atoms with Crippen LogP contribution in [0, 0.1) is 10.1 Å². The van der Waals surface area contributed by atoms with Crippen molar-refractivity contribution in [3.8, 4) is 23.0 Å². The maximum absolute atomic E-state index is 13.9. The van der Waals surface area contributed by atoms with Gasteiger partial charge in [0.05, 0.1) is 23.3 Å². The Morgan fingerprint density at radius 1 is 1.00 bits per heavy atom. The lowest BCUT2D eigenvalue weighted by Crippen LogP contribution is -2.44. The molecule has 1 atom stereocenters. The van der Waals surface area contributed by atoms with Crippen molar-refractivity contribution < 1.29 is 24.3 Å². The standard InChI is InChI=1S/C29H21N3O6/c1-2-37-20-12-14-24-27(16-20)38-26-15-19(33)11-13-23(26)29(24)22-9-5-4-8-21(22)28(34)31(29)30-17-18-7-3-6-10-25(18)32(35)36/h3-17,33H,2H2,1H3/b30-17+. The van der Waals surface area contributed by atoms with Gasteiger partial charge in [0.25, 0.3) is 11.6 Å². The van der Waals surface area contributed by atoms with Gasteiger partial charge in [-0.25, -0.2) is 5.01 Å². The number of benzene rings is 4. The Morgan fingerprint density at radius 3 is 2.50 bits per heavy atom. The van der Waals surface area contributed by atoms with Crippen molar-refractivity contribution >= 4 is 17.8 Å². The van der Waals surface area contributed by atoms with Crippen LogP contribution >= 0.6 is 0 Å². The van der Waals surface area contributed by atoms with Gasteiger partial charge >= 0.3 is 0 Å². The van der Waals surface area contributed by atoms with E-state index in [9.17, 15) is 20.0 Å². The average molecular weight is 508 g/mol. The molecule has 0 aliphatic carbocycles. The number of hydrogen-bond acceptors (Lipinski definition) is 7. The monoisotopic (exact) mass is 507 g/mol. The first-order chi connectivity index (χ1) is 18.4. The van der Waals surface area contributed by atoms with E-state index < -0.39 is 10.5 Å². The third kappa shape index (κ3) is 3.32. The van der Waals surface area contributed by atoms with Crippen LogP contribution in [0.2, 0.25) is 0 Å². The first kappa shape index (κ1) is 23.2. The molecule has 1 amide bonds. The molecule has 0 radical (unpaired) electrons. The molecule has 0 bridgehead atoms. The number of carbonyl (C=O) groups excluding carboxylic acids is 1. The van der Waals surface area contributed by atoms with Crippen molar-refractivity contribution in [2.75, 3.05) is 6.61 Å². The van der Waals surface area contributed by atoms with E-state index in [0.717, 1.165) is 0 Å². The Labute approximate surface area is 217 Å². The Bertz CT molecular complexity index is 1650. The molecule has 1 spiro atoms. The van der Waals surface area contributed by atoms with E-state index in [2.05, 4.69) is 5.10 Å². The number of nitro groups is 1. The van der Waals surface area contributed by atoms with E-state index in [1.54, 1.807) is 48.5 Å². The number of nitrogens with zero attached hydrogens (tertiary/aromatic N) is 3. The number of para-hydroxylation sites is 1. The van der Waals surface area contributed by atoms with Gasteiger partial charge in [-0.2, -0.15) is 5.10 Å². The first-order valence-electron chi connectivity index (χ1n) is 11.9. The zero-order valence-electron chi connectivity index (χ0n) is 20.2. The SMILES string of the molecule is CCOc1ccc2c(c1)Oc1cc(O)ccc1C21c2ccccc2C(=O)N1/N=C/c1ccccc1[N+](=O)[O-]. The van der Waals surface area contributed by atoms with Crippen molar-refractivity contribution in [2.24, 2.45) is 5.10 Å². The summed E-state index contributed by atoms with van der Waals surface area (Å²) < 4.78 is 11.9. The number of phenols is 1. The van der Waals surface area contributed by atoms with Crippen molar-refractivity contribution in [1.82, 2.24) is 5.01 Å². The van der Waals surface area contributed by atoms with Gasteiger partial charge in [-0.15, -0.1) is 0 Å². The third-order valence-corrected chi connectivity index (χ3v) is 6.73. The molecular formula is C29H21N3O6. The minimum atomic E-state index is -1.27. The maximum atomic E-state index is 13.9. The number of amides is 1. The molecule has 2 aliphatic heterocycles. The topological polar surface area (TPSA) is 114 Å². The summed E-state index contributed by atoms with van der Waals surface area (Å²) in [5.41, 5.74) is 1.19. The number of rotatable bonds is 5. The van der Waals surface area contributed by atoms with Crippen LogP contribution in [0.25, 0.3) is 0 Å². The highest BCUT2D eigenvalue weighted by atomic mass is 16.6. The predicted octanol–water partition coefficient (Wildman–Crippen LogP) is 5.59. The van der Waals surface area contributed by atoms with Gasteiger partial charge in [0.1, 0.15) is 28.5 Å². The van der Waals surface area contributed by atoms with Gasteiger partial charge in [0.15, 0.2) is 0 Å². The summed E-state index contributed by atoms with van der Waals surface area (Å²) >= 11 is 0. The van der Waals surface area contributed by atoms with Gasteiger partial charge in [-0.05, 0) is 43.3 Å². The normalized spacial score (nSPS) is 17.2. The Kier molecular flexibility index (Phi) is 5.34. The molecule has 2 aliphatic rings. The molecular weight excluding hydrogens is 486 g/mol. The molecule has 9 nitrogen and oxygen atoms in total. The molecule has 188 valence electrons. The number of phenolic OH excluding ortho intramolecular Hbond substituents is 1. The van der Waals surface area contributed by atoms with Crippen molar-refractivity contribution in [1.29, 1.82) is 0 Å². The van der Waals surface area contributed by atoms with E-state index in [4.69, 9.17) is 9.47 Å². The summed E-state index contributed by atoms with van der Waals surface area (Å²) in [6, 6.07) is 23.5. The third-order valence-electron chi connectivity index (χ3n) is 6.73. The number of aromatic hydroxyl groups is 1. The summed E-state index contributed by atoms with van der Waals surface area (Å²) in [6.45, 7) is 2.33. The van der Waals surface area contributed by atoms with E-state index in [1.807, 2.05) is 25.1 Å². The van der Waals surface area contributed by atoms with Crippen LogP contribution in [-0.4, -0.2) is 33.8 Å². The summed E-state index contributed by atoms with van der Waals surface area (Å²) in [7, 11) is 0. The minimum Gasteiger partial charge on any atom is -0.508 e. The van der Waals surface area contributed by atoms with Crippen molar-refractivity contribution in [3.63, 3.8) is 0 Å². The van der Waals surface area contributed by atoms with Gasteiger partial charge in [-0.3, -0.25) is 14.9 Å². The first-order valence-corrected chi connectivity index (χ1v) is 11.9. The Morgan fingerprint density at radius 2 is 1.71 bits per heavy atom. The largest absolute Gasteiger partial charge is 0.508 e. The molecule has 4 aromatic rings. The number of hydrogen-bond donors (Lipinski definition) is 1. The molecule has 6 rings (SSSR count). The molecule has 0 aromatic heterocycles. The number of nitro benzene ring substituents is 1. The lowest BCUT2D eigenvalue weighted by molar-refractivity contribution is -0.385. The number of hydrazone groups is 1. The zero-order chi connectivity index (χ0) is 26.4. The van der Waals surface area contributed by atoms with E-state index in [0.29, 0.717) is 46.1 Å². The molecule has 0 saturated carbocycles. The fourth-order valence-corrected chi connectivity index (χ4v) is 5.21. The molecule has 1 unspecified atom stereocenters. The van der Waals surface area contributed by atoms with Gasteiger partial charge in [-0.1, -0.05) is 30.3 Å². The van der Waals surface area contributed by atoms with Crippen molar-refractivity contribution in [3.05, 3.63) is 123 Å². The highest BCUT2D eigenvalue weighted by Crippen LogP contribution is 2.58. The molecule has 4 aromatic carbocycles. The number of carbonyl (C=O) groups is 1. The fraction of sp³-hybridized carbons (Fsp3) is 0.103. The number of ether oxygens (including phenoxy) is 2. The van der Waals surface area contributed by atoms with Crippen molar-refractivity contribution in [2.45, 2.75) is 12.5 Å². The maximum Gasteiger partial charge on any atom is 0.278 e. The Hall–Kier alpha value is -5.18. The smallest absolute Gasteiger partial charge is 0.278 e. The van der Waals surface area contributed by atoms with Gasteiger partial charge in [0.2, 0.25) is 0 Å². The highest BCUT2D eigenvalue weighted by molar-refractivity contribution is 6.03. The minimum absolute atomic E-state index is 0.00381. The van der Waals surface area contributed by atoms with Crippen LogP contribution in [0.1, 0.15) is 39.5 Å². The van der Waals surface area contributed by atoms with Crippen LogP contribution in [0.15, 0.2) is 90.0 Å². The van der Waals surface area contributed by atoms with Crippen LogP contribution in [0.3, 0.4) is 0 Å².